The Morgan fingerprint density at radius 3 is 2.00 bits per heavy atom. The molecule has 0 heterocycles. The van der Waals surface area contributed by atoms with Crippen molar-refractivity contribution in [1.82, 2.24) is 0 Å². The van der Waals surface area contributed by atoms with E-state index in [0.717, 1.165) is 5.41 Å². The van der Waals surface area contributed by atoms with Crippen LogP contribution in [0.4, 0.5) is 18.9 Å². The summed E-state index contributed by atoms with van der Waals surface area (Å²) in [5.74, 6) is -3.83. The van der Waals surface area contributed by atoms with Crippen LogP contribution < -0.4 is 10.5 Å². The second-order valence-corrected chi connectivity index (χ2v) is 6.09. The highest BCUT2D eigenvalue weighted by Gasteiger charge is 2.38. The molecule has 1 rings (SSSR count). The van der Waals surface area contributed by atoms with Gasteiger partial charge in [-0.2, -0.15) is 13.2 Å². The Labute approximate surface area is 140 Å². The maximum atomic E-state index is 11.2. The number of aliphatic carboxylic acids is 2. The number of nitrogens with one attached hydrogen (secondary N) is 1. The summed E-state index contributed by atoms with van der Waals surface area (Å²) < 4.78 is 56.4. The maximum Gasteiger partial charge on any atom is 0.490 e. The van der Waals surface area contributed by atoms with Gasteiger partial charge in [-0.1, -0.05) is 18.7 Å². The van der Waals surface area contributed by atoms with Gasteiger partial charge in [0.15, 0.2) is 0 Å². The van der Waals surface area contributed by atoms with Gasteiger partial charge in [-0.25, -0.2) is 13.2 Å². The zero-order valence-electron chi connectivity index (χ0n) is 12.5. The predicted octanol–water partition coefficient (Wildman–Crippen LogP) is 1.16. The molecule has 0 bridgehead atoms. The Hall–Kier alpha value is -2.60. The van der Waals surface area contributed by atoms with Crippen LogP contribution in [0.2, 0.25) is 0 Å². The van der Waals surface area contributed by atoms with Crippen molar-refractivity contribution in [3.63, 3.8) is 0 Å². The molecular formula is C13H15F3N2O6S. The van der Waals surface area contributed by atoms with Crippen LogP contribution in [-0.2, 0) is 26.0 Å². The number of carbonyl (C=O) groups is 2. The Morgan fingerprint density at radius 1 is 1.24 bits per heavy atom. The van der Waals surface area contributed by atoms with Crippen LogP contribution in [0.15, 0.2) is 36.3 Å². The summed E-state index contributed by atoms with van der Waals surface area (Å²) in [6.07, 6.45) is -4.90. The third-order valence-corrected chi connectivity index (χ3v) is 3.41. The first kappa shape index (κ1) is 22.4. The van der Waals surface area contributed by atoms with Crippen molar-refractivity contribution < 1.29 is 41.4 Å². The van der Waals surface area contributed by atoms with E-state index in [1.54, 1.807) is 12.1 Å². The Kier molecular flexibility index (Phi) is 8.09. The molecule has 0 saturated carbocycles. The van der Waals surface area contributed by atoms with Crippen molar-refractivity contribution in [3.05, 3.63) is 41.8 Å². The van der Waals surface area contributed by atoms with Crippen LogP contribution >= 0.6 is 0 Å². The summed E-state index contributed by atoms with van der Waals surface area (Å²) >= 11 is 0. The highest BCUT2D eigenvalue weighted by Crippen LogP contribution is 2.13. The lowest BCUT2D eigenvalue weighted by molar-refractivity contribution is -0.192. The van der Waals surface area contributed by atoms with Crippen LogP contribution in [0.3, 0.4) is 0 Å². The number of nitrogens with two attached hydrogens (primary N) is 1. The van der Waals surface area contributed by atoms with E-state index in [9.17, 15) is 26.4 Å². The van der Waals surface area contributed by atoms with Gasteiger partial charge in [0.2, 0.25) is 0 Å². The van der Waals surface area contributed by atoms with Gasteiger partial charge in [0.25, 0.3) is 10.0 Å². The minimum Gasteiger partial charge on any atom is -0.480 e. The van der Waals surface area contributed by atoms with Gasteiger partial charge in [-0.15, -0.1) is 0 Å². The molecule has 0 radical (unpaired) electrons. The Bertz CT molecular complexity index is 716. The van der Waals surface area contributed by atoms with Gasteiger partial charge < -0.3 is 15.9 Å². The van der Waals surface area contributed by atoms with Gasteiger partial charge in [0.1, 0.15) is 6.04 Å². The quantitative estimate of drug-likeness (QED) is 0.575. The lowest BCUT2D eigenvalue weighted by Gasteiger charge is -2.08. The normalized spacial score (nSPS) is 12.3. The molecule has 1 atom stereocenters. The summed E-state index contributed by atoms with van der Waals surface area (Å²) in [6.45, 7) is 3.17. The molecule has 1 aromatic carbocycles. The van der Waals surface area contributed by atoms with Gasteiger partial charge >= 0.3 is 18.1 Å². The van der Waals surface area contributed by atoms with Crippen LogP contribution in [0.5, 0.6) is 0 Å². The molecule has 25 heavy (non-hydrogen) atoms. The first-order chi connectivity index (χ1) is 11.3. The molecule has 12 heteroatoms. The van der Waals surface area contributed by atoms with E-state index in [2.05, 4.69) is 11.3 Å². The van der Waals surface area contributed by atoms with Gasteiger partial charge in [-0.05, 0) is 24.1 Å². The fraction of sp³-hybridized carbons (Fsp3) is 0.231. The lowest BCUT2D eigenvalue weighted by Crippen LogP contribution is -2.32. The fourth-order valence-corrected chi connectivity index (χ4v) is 1.80. The molecule has 8 nitrogen and oxygen atoms in total. The highest BCUT2D eigenvalue weighted by molar-refractivity contribution is 7.95. The van der Waals surface area contributed by atoms with Crippen LogP contribution in [0.1, 0.15) is 5.56 Å². The average Bonchev–Trinajstić information content (AvgIpc) is 2.48. The highest BCUT2D eigenvalue weighted by atomic mass is 32.2. The second-order valence-electron chi connectivity index (χ2n) is 4.46. The molecule has 1 aromatic rings. The minimum absolute atomic E-state index is 0.184. The Morgan fingerprint density at radius 2 is 1.68 bits per heavy atom. The number of hydrogen-bond acceptors (Lipinski definition) is 5. The number of anilines is 1. The van der Waals surface area contributed by atoms with Crippen molar-refractivity contribution in [2.24, 2.45) is 5.73 Å². The van der Waals surface area contributed by atoms with Crippen LogP contribution in [-0.4, -0.2) is 42.8 Å². The first-order valence-electron chi connectivity index (χ1n) is 6.31. The number of carboxylic acids is 2. The maximum absolute atomic E-state index is 11.2. The molecule has 0 fully saturated rings. The molecule has 0 aliphatic rings. The summed E-state index contributed by atoms with van der Waals surface area (Å²) in [4.78, 5) is 19.5. The smallest absolute Gasteiger partial charge is 0.480 e. The molecular weight excluding hydrogens is 369 g/mol. The first-order valence-corrected chi connectivity index (χ1v) is 7.86. The van der Waals surface area contributed by atoms with E-state index in [0.29, 0.717) is 11.3 Å². The number of benzene rings is 1. The summed E-state index contributed by atoms with van der Waals surface area (Å²) in [6, 6.07) is 5.32. The summed E-state index contributed by atoms with van der Waals surface area (Å²) in [7, 11) is -3.53. The number of sulfonamides is 1. The molecule has 0 aliphatic carbocycles. The van der Waals surface area contributed by atoms with Gasteiger partial charge in [0.05, 0.1) is 0 Å². The molecule has 140 valence electrons. The minimum atomic E-state index is -5.08. The molecule has 5 N–H and O–H groups in total. The van der Waals surface area contributed by atoms with E-state index in [1.165, 1.54) is 12.1 Å². The monoisotopic (exact) mass is 384 g/mol. The number of halogens is 3. The van der Waals surface area contributed by atoms with E-state index >= 15 is 0 Å². The third-order valence-electron chi connectivity index (χ3n) is 2.45. The molecule has 0 aromatic heterocycles. The summed E-state index contributed by atoms with van der Waals surface area (Å²) in [5.41, 5.74) is 6.48. The lowest BCUT2D eigenvalue weighted by atomic mass is 10.1. The summed E-state index contributed by atoms with van der Waals surface area (Å²) in [5, 5.41) is 16.6. The third kappa shape index (κ3) is 9.32. The topological polar surface area (TPSA) is 147 Å². The van der Waals surface area contributed by atoms with Crippen LogP contribution in [0, 0.1) is 0 Å². The zero-order valence-corrected chi connectivity index (χ0v) is 13.3. The van der Waals surface area contributed by atoms with Crippen molar-refractivity contribution in [1.29, 1.82) is 0 Å². The number of hydrogen-bond donors (Lipinski definition) is 4. The standard InChI is InChI=1S/C11H14N2O4S.C2HF3O2/c1-2-18(16,17)13-9-5-3-8(4-6-9)7-10(12)11(14)15;3-2(4,5)1(6)7/h2-6,10,13H,1,7,12H2,(H,14,15);(H,6,7)/t10-;/m0./s1. The SMILES string of the molecule is C=CS(=O)(=O)Nc1ccc(C[C@H](N)C(=O)O)cc1.O=C(O)C(F)(F)F. The van der Waals surface area contributed by atoms with Crippen LogP contribution in [0.25, 0.3) is 0 Å². The largest absolute Gasteiger partial charge is 0.490 e. The molecule has 0 aliphatic heterocycles. The van der Waals surface area contributed by atoms with E-state index in [4.69, 9.17) is 20.7 Å². The van der Waals surface area contributed by atoms with Crippen molar-refractivity contribution >= 4 is 27.6 Å². The second kappa shape index (κ2) is 9.03. The fourth-order valence-electron chi connectivity index (χ4n) is 1.26. The Balaban J connectivity index is 0.000000697. The molecule has 0 amide bonds. The zero-order chi connectivity index (χ0) is 19.8. The van der Waals surface area contributed by atoms with E-state index in [1.807, 2.05) is 0 Å². The van der Waals surface area contributed by atoms with Gasteiger partial charge in [-0.3, -0.25) is 9.52 Å². The average molecular weight is 384 g/mol. The molecule has 0 spiro atoms. The number of rotatable bonds is 6. The number of carboxylic acid groups (broad SMARTS) is 2. The van der Waals surface area contributed by atoms with Gasteiger partial charge in [0, 0.05) is 11.1 Å². The van der Waals surface area contributed by atoms with Crippen molar-refractivity contribution in [2.75, 3.05) is 4.72 Å². The van der Waals surface area contributed by atoms with Crippen molar-refractivity contribution in [2.45, 2.75) is 18.6 Å². The van der Waals surface area contributed by atoms with Crippen molar-refractivity contribution in [3.8, 4) is 0 Å². The number of alkyl halides is 3. The van der Waals surface area contributed by atoms with E-state index < -0.39 is 34.2 Å². The molecule has 0 unspecified atom stereocenters. The molecule has 0 saturated heterocycles. The predicted molar refractivity (Wildman–Crippen MR) is 82.2 cm³/mol. The van der Waals surface area contributed by atoms with E-state index in [-0.39, 0.29) is 6.42 Å².